The van der Waals surface area contributed by atoms with Crippen molar-refractivity contribution in [2.75, 3.05) is 0 Å². The molecule has 2 aromatic rings. The molecule has 0 atom stereocenters. The Kier molecular flexibility index (Phi) is 3.77. The van der Waals surface area contributed by atoms with Crippen LogP contribution >= 0.6 is 0 Å². The maximum Gasteiger partial charge on any atom is 0.123 e. The Hall–Kier alpha value is -1.81. The molecule has 1 aromatic carbocycles. The van der Waals surface area contributed by atoms with Crippen LogP contribution in [0.15, 0.2) is 36.5 Å². The topological polar surface area (TPSA) is 37.8 Å². The van der Waals surface area contributed by atoms with Crippen LogP contribution in [0.4, 0.5) is 4.39 Å². The van der Waals surface area contributed by atoms with E-state index in [1.165, 1.54) is 6.07 Å². The SMILES string of the molecule is Cc1cc(F)ccc1CNCc1cccnn1. The number of benzene rings is 1. The van der Waals surface area contributed by atoms with Crippen LogP contribution in [0.3, 0.4) is 0 Å². The summed E-state index contributed by atoms with van der Waals surface area (Å²) in [5.41, 5.74) is 2.94. The van der Waals surface area contributed by atoms with E-state index >= 15 is 0 Å². The Morgan fingerprint density at radius 3 is 2.82 bits per heavy atom. The van der Waals surface area contributed by atoms with Crippen LogP contribution in [0.5, 0.6) is 0 Å². The first-order valence-electron chi connectivity index (χ1n) is 5.48. The van der Waals surface area contributed by atoms with Crippen molar-refractivity contribution < 1.29 is 4.39 Å². The molecule has 0 saturated heterocycles. The third-order valence-electron chi connectivity index (χ3n) is 2.55. The third-order valence-corrected chi connectivity index (χ3v) is 2.55. The molecule has 0 aliphatic carbocycles. The summed E-state index contributed by atoms with van der Waals surface area (Å²) in [5.74, 6) is -0.194. The summed E-state index contributed by atoms with van der Waals surface area (Å²) in [4.78, 5) is 0. The molecule has 0 radical (unpaired) electrons. The van der Waals surface area contributed by atoms with E-state index in [1.54, 1.807) is 18.3 Å². The molecule has 1 N–H and O–H groups in total. The van der Waals surface area contributed by atoms with Crippen LogP contribution in [0.1, 0.15) is 16.8 Å². The summed E-state index contributed by atoms with van der Waals surface area (Å²) in [6.45, 7) is 3.26. The Labute approximate surface area is 99.7 Å². The Balaban J connectivity index is 1.90. The van der Waals surface area contributed by atoms with Crippen LogP contribution in [-0.4, -0.2) is 10.2 Å². The van der Waals surface area contributed by atoms with Gasteiger partial charge in [-0.05, 0) is 42.3 Å². The van der Waals surface area contributed by atoms with E-state index in [-0.39, 0.29) is 5.82 Å². The zero-order chi connectivity index (χ0) is 12.1. The van der Waals surface area contributed by atoms with Gasteiger partial charge in [-0.25, -0.2) is 4.39 Å². The summed E-state index contributed by atoms with van der Waals surface area (Å²) in [6.07, 6.45) is 1.65. The second kappa shape index (κ2) is 5.50. The molecule has 0 spiro atoms. The lowest BCUT2D eigenvalue weighted by molar-refractivity contribution is 0.622. The zero-order valence-electron chi connectivity index (χ0n) is 9.65. The van der Waals surface area contributed by atoms with E-state index in [4.69, 9.17) is 0 Å². The fourth-order valence-electron chi connectivity index (χ4n) is 1.61. The van der Waals surface area contributed by atoms with Crippen LogP contribution in [0, 0.1) is 12.7 Å². The Bertz CT molecular complexity index is 485. The number of aryl methyl sites for hydroxylation is 1. The molecule has 2 rings (SSSR count). The van der Waals surface area contributed by atoms with Crippen LogP contribution in [-0.2, 0) is 13.1 Å². The molecule has 0 saturated carbocycles. The number of hydrogen-bond acceptors (Lipinski definition) is 3. The number of aromatic nitrogens is 2. The van der Waals surface area contributed by atoms with E-state index in [2.05, 4.69) is 15.5 Å². The Morgan fingerprint density at radius 2 is 2.12 bits per heavy atom. The fraction of sp³-hybridized carbons (Fsp3) is 0.231. The van der Waals surface area contributed by atoms with Crippen LogP contribution < -0.4 is 5.32 Å². The van der Waals surface area contributed by atoms with Gasteiger partial charge in [-0.15, -0.1) is 0 Å². The van der Waals surface area contributed by atoms with Gasteiger partial charge in [-0.2, -0.15) is 10.2 Å². The van der Waals surface area contributed by atoms with Gasteiger partial charge in [0.05, 0.1) is 5.69 Å². The van der Waals surface area contributed by atoms with E-state index in [9.17, 15) is 4.39 Å². The maximum atomic E-state index is 12.9. The first-order chi connectivity index (χ1) is 8.25. The van der Waals surface area contributed by atoms with Gasteiger partial charge in [0, 0.05) is 19.3 Å². The fourth-order valence-corrected chi connectivity index (χ4v) is 1.61. The number of halogens is 1. The maximum absolute atomic E-state index is 12.9. The normalized spacial score (nSPS) is 10.5. The summed E-state index contributed by atoms with van der Waals surface area (Å²) in [5, 5.41) is 11.0. The van der Waals surface area contributed by atoms with Crippen LogP contribution in [0.2, 0.25) is 0 Å². The minimum Gasteiger partial charge on any atom is -0.307 e. The number of nitrogens with one attached hydrogen (secondary N) is 1. The lowest BCUT2D eigenvalue weighted by atomic mass is 10.1. The van der Waals surface area contributed by atoms with E-state index < -0.39 is 0 Å². The van der Waals surface area contributed by atoms with Crippen molar-refractivity contribution in [2.24, 2.45) is 0 Å². The van der Waals surface area contributed by atoms with E-state index in [1.807, 2.05) is 19.1 Å². The first-order valence-corrected chi connectivity index (χ1v) is 5.48. The molecule has 0 amide bonds. The standard InChI is InChI=1S/C13H14FN3/c1-10-7-12(14)5-4-11(10)8-15-9-13-3-2-6-16-17-13/h2-7,15H,8-9H2,1H3. The van der Waals surface area contributed by atoms with Gasteiger partial charge in [0.1, 0.15) is 5.82 Å². The molecule has 0 bridgehead atoms. The molecule has 88 valence electrons. The highest BCUT2D eigenvalue weighted by molar-refractivity contribution is 5.26. The van der Waals surface area contributed by atoms with Gasteiger partial charge in [0.15, 0.2) is 0 Å². The second-order valence-corrected chi connectivity index (χ2v) is 3.89. The van der Waals surface area contributed by atoms with Gasteiger partial charge in [0.2, 0.25) is 0 Å². The number of hydrogen-bond donors (Lipinski definition) is 1. The van der Waals surface area contributed by atoms with Gasteiger partial charge in [0.25, 0.3) is 0 Å². The molecule has 1 heterocycles. The van der Waals surface area contributed by atoms with E-state index in [0.717, 1.165) is 16.8 Å². The average molecular weight is 231 g/mol. The quantitative estimate of drug-likeness (QED) is 0.876. The van der Waals surface area contributed by atoms with Crippen molar-refractivity contribution in [1.29, 1.82) is 0 Å². The van der Waals surface area contributed by atoms with Crippen molar-refractivity contribution in [3.8, 4) is 0 Å². The predicted octanol–water partition coefficient (Wildman–Crippen LogP) is 2.21. The lowest BCUT2D eigenvalue weighted by Crippen LogP contribution is -2.14. The number of nitrogens with zero attached hydrogens (tertiary/aromatic N) is 2. The molecule has 0 unspecified atom stereocenters. The summed E-state index contributed by atoms with van der Waals surface area (Å²) in [7, 11) is 0. The predicted molar refractivity (Wildman–Crippen MR) is 63.7 cm³/mol. The largest absolute Gasteiger partial charge is 0.307 e. The van der Waals surface area contributed by atoms with Crippen molar-refractivity contribution in [1.82, 2.24) is 15.5 Å². The molecular weight excluding hydrogens is 217 g/mol. The molecule has 4 heteroatoms. The summed E-state index contributed by atoms with van der Waals surface area (Å²) < 4.78 is 12.9. The minimum atomic E-state index is -0.194. The smallest absolute Gasteiger partial charge is 0.123 e. The molecule has 1 aromatic heterocycles. The van der Waals surface area contributed by atoms with Crippen molar-refractivity contribution in [3.05, 3.63) is 59.2 Å². The summed E-state index contributed by atoms with van der Waals surface area (Å²) in [6, 6.07) is 8.59. The molecule has 0 aliphatic heterocycles. The highest BCUT2D eigenvalue weighted by atomic mass is 19.1. The second-order valence-electron chi connectivity index (χ2n) is 3.89. The number of rotatable bonds is 4. The van der Waals surface area contributed by atoms with Crippen molar-refractivity contribution in [2.45, 2.75) is 20.0 Å². The lowest BCUT2D eigenvalue weighted by Gasteiger charge is -2.07. The van der Waals surface area contributed by atoms with Crippen LogP contribution in [0.25, 0.3) is 0 Å². The Morgan fingerprint density at radius 1 is 1.24 bits per heavy atom. The molecule has 0 aliphatic rings. The molecular formula is C13H14FN3. The average Bonchev–Trinajstić information content (AvgIpc) is 2.33. The van der Waals surface area contributed by atoms with Gasteiger partial charge < -0.3 is 5.32 Å². The zero-order valence-corrected chi connectivity index (χ0v) is 9.65. The highest BCUT2D eigenvalue weighted by Crippen LogP contribution is 2.09. The molecule has 17 heavy (non-hydrogen) atoms. The first kappa shape index (κ1) is 11.7. The molecule has 3 nitrogen and oxygen atoms in total. The highest BCUT2D eigenvalue weighted by Gasteiger charge is 2.00. The van der Waals surface area contributed by atoms with Crippen molar-refractivity contribution >= 4 is 0 Å². The summed E-state index contributed by atoms with van der Waals surface area (Å²) >= 11 is 0. The van der Waals surface area contributed by atoms with Gasteiger partial charge in [-0.1, -0.05) is 6.07 Å². The third kappa shape index (κ3) is 3.32. The van der Waals surface area contributed by atoms with Gasteiger partial charge in [-0.3, -0.25) is 0 Å². The minimum absolute atomic E-state index is 0.194. The van der Waals surface area contributed by atoms with E-state index in [0.29, 0.717) is 13.1 Å². The van der Waals surface area contributed by atoms with Crippen molar-refractivity contribution in [3.63, 3.8) is 0 Å². The van der Waals surface area contributed by atoms with Gasteiger partial charge >= 0.3 is 0 Å². The monoisotopic (exact) mass is 231 g/mol. The molecule has 0 fully saturated rings.